The van der Waals surface area contributed by atoms with Crippen LogP contribution in [0.2, 0.25) is 0 Å². The third kappa shape index (κ3) is 6.53. The molecule has 0 spiro atoms. The predicted molar refractivity (Wildman–Crippen MR) is 139 cm³/mol. The molecule has 3 aromatic rings. The number of carbonyl (C=O) groups is 2. The Morgan fingerprint density at radius 3 is 2.40 bits per heavy atom. The third-order valence-electron chi connectivity index (χ3n) is 5.95. The fourth-order valence-corrected chi connectivity index (χ4v) is 4.05. The van der Waals surface area contributed by atoms with Gasteiger partial charge >= 0.3 is 5.97 Å². The van der Waals surface area contributed by atoms with Crippen molar-refractivity contribution in [1.29, 1.82) is 0 Å². The number of rotatable bonds is 11. The van der Waals surface area contributed by atoms with Gasteiger partial charge in [-0.25, -0.2) is 9.78 Å². The second-order valence-corrected chi connectivity index (χ2v) is 9.26. The quantitative estimate of drug-likeness (QED) is 0.363. The molecule has 0 fully saturated rings. The zero-order chi connectivity index (χ0) is 25.5. The minimum atomic E-state index is -0.502. The van der Waals surface area contributed by atoms with Crippen molar-refractivity contribution in [2.24, 2.45) is 5.92 Å². The van der Waals surface area contributed by atoms with Crippen molar-refractivity contribution in [2.75, 3.05) is 24.9 Å². The van der Waals surface area contributed by atoms with E-state index in [-0.39, 0.29) is 11.9 Å². The van der Waals surface area contributed by atoms with Gasteiger partial charge in [0.2, 0.25) is 5.91 Å². The molecule has 0 aliphatic rings. The topological polar surface area (TPSA) is 94.5 Å². The molecule has 8 heteroatoms. The van der Waals surface area contributed by atoms with Crippen molar-refractivity contribution in [3.63, 3.8) is 0 Å². The van der Waals surface area contributed by atoms with Gasteiger partial charge in [0.15, 0.2) is 5.69 Å². The minimum absolute atomic E-state index is 0.184. The van der Waals surface area contributed by atoms with Gasteiger partial charge in [-0.15, -0.1) is 0 Å². The number of ether oxygens (including phenoxy) is 2. The number of carbonyl (C=O) groups excluding carboxylic acids is 2. The highest BCUT2D eigenvalue weighted by Gasteiger charge is 2.25. The number of nitrogens with one attached hydrogen (secondary N) is 2. The lowest BCUT2D eigenvalue weighted by molar-refractivity contribution is -0.114. The molecular formula is C27H36N4O4. The normalized spacial score (nSPS) is 12.0. The Morgan fingerprint density at radius 2 is 1.80 bits per heavy atom. The van der Waals surface area contributed by atoms with Gasteiger partial charge in [-0.2, -0.15) is 0 Å². The molecule has 0 bridgehead atoms. The maximum Gasteiger partial charge on any atom is 0.356 e. The molecule has 1 amide bonds. The van der Waals surface area contributed by atoms with Crippen molar-refractivity contribution in [3.8, 4) is 5.75 Å². The molecule has 1 unspecified atom stereocenters. The first-order chi connectivity index (χ1) is 16.7. The molecule has 188 valence electrons. The summed E-state index contributed by atoms with van der Waals surface area (Å²) in [4.78, 5) is 29.4. The van der Waals surface area contributed by atoms with E-state index in [2.05, 4.69) is 48.5 Å². The summed E-state index contributed by atoms with van der Waals surface area (Å²) in [5, 5.41) is 7.05. The van der Waals surface area contributed by atoms with Crippen molar-refractivity contribution in [1.82, 2.24) is 9.55 Å². The van der Waals surface area contributed by atoms with Crippen molar-refractivity contribution >= 4 is 34.3 Å². The van der Waals surface area contributed by atoms with Crippen LogP contribution >= 0.6 is 0 Å². The molecule has 0 radical (unpaired) electrons. The molecule has 0 aliphatic carbocycles. The third-order valence-corrected chi connectivity index (χ3v) is 5.95. The zero-order valence-electron chi connectivity index (χ0n) is 21.5. The molecule has 8 nitrogen and oxygen atoms in total. The maximum absolute atomic E-state index is 12.7. The standard InChI is InChI=1S/C27H36N4O4/c1-17(2)13-14-31-25(27(33)35-6)24(30-19(4)32)23-15-21(16-28-26(23)31)29-18(3)7-8-20-9-11-22(34-5)12-10-20/h9-12,15-18,29H,7-8,13-14H2,1-6H3,(H,30,32). The molecule has 2 aromatic heterocycles. The van der Waals surface area contributed by atoms with Gasteiger partial charge in [-0.1, -0.05) is 26.0 Å². The van der Waals surface area contributed by atoms with Crippen LogP contribution in [0.1, 0.15) is 56.6 Å². The van der Waals surface area contributed by atoms with Gasteiger partial charge in [0.1, 0.15) is 11.4 Å². The number of hydrogen-bond acceptors (Lipinski definition) is 6. The number of aryl methyl sites for hydroxylation is 2. The summed E-state index contributed by atoms with van der Waals surface area (Å²) in [5.74, 6) is 0.526. The van der Waals surface area contributed by atoms with E-state index in [0.717, 1.165) is 30.7 Å². The number of benzene rings is 1. The van der Waals surface area contributed by atoms with Crippen molar-refractivity contribution < 1.29 is 19.1 Å². The highest BCUT2D eigenvalue weighted by atomic mass is 16.5. The highest BCUT2D eigenvalue weighted by Crippen LogP contribution is 2.33. The van der Waals surface area contributed by atoms with E-state index in [1.54, 1.807) is 13.3 Å². The van der Waals surface area contributed by atoms with Crippen LogP contribution in [0.4, 0.5) is 11.4 Å². The number of amides is 1. The Hall–Kier alpha value is -3.55. The largest absolute Gasteiger partial charge is 0.497 e. The number of methoxy groups -OCH3 is 2. The highest BCUT2D eigenvalue weighted by molar-refractivity contribution is 6.10. The summed E-state index contributed by atoms with van der Waals surface area (Å²) in [5.41, 5.74) is 3.46. The average Bonchev–Trinajstić information content (AvgIpc) is 3.13. The van der Waals surface area contributed by atoms with E-state index >= 15 is 0 Å². The molecule has 2 heterocycles. The van der Waals surface area contributed by atoms with E-state index in [1.165, 1.54) is 19.6 Å². The predicted octanol–water partition coefficient (Wildman–Crippen LogP) is 5.27. The van der Waals surface area contributed by atoms with Crippen LogP contribution in [0.15, 0.2) is 36.5 Å². The monoisotopic (exact) mass is 480 g/mol. The second-order valence-electron chi connectivity index (χ2n) is 9.26. The molecule has 35 heavy (non-hydrogen) atoms. The second kappa shape index (κ2) is 11.7. The number of anilines is 2. The number of pyridine rings is 1. The maximum atomic E-state index is 12.7. The number of nitrogens with zero attached hydrogens (tertiary/aromatic N) is 2. The first-order valence-corrected chi connectivity index (χ1v) is 12.0. The summed E-state index contributed by atoms with van der Waals surface area (Å²) in [6.07, 6.45) is 4.48. The zero-order valence-corrected chi connectivity index (χ0v) is 21.5. The Balaban J connectivity index is 1.88. The first-order valence-electron chi connectivity index (χ1n) is 12.0. The Bertz CT molecular complexity index is 1170. The lowest BCUT2D eigenvalue weighted by Crippen LogP contribution is -2.16. The molecule has 0 saturated heterocycles. The summed E-state index contributed by atoms with van der Waals surface area (Å²) in [7, 11) is 3.01. The molecule has 2 N–H and O–H groups in total. The van der Waals surface area contributed by atoms with Crippen LogP contribution in [-0.4, -0.2) is 41.7 Å². The first kappa shape index (κ1) is 26.1. The molecular weight excluding hydrogens is 444 g/mol. The van der Waals surface area contributed by atoms with E-state index in [1.807, 2.05) is 22.8 Å². The SMILES string of the molecule is COC(=O)c1c(NC(C)=O)c2cc(NC(C)CCc3ccc(OC)cc3)cnc2n1CCC(C)C. The van der Waals surface area contributed by atoms with E-state index < -0.39 is 5.97 Å². The Kier molecular flexibility index (Phi) is 8.73. The molecule has 0 saturated carbocycles. The number of fused-ring (bicyclic) bond motifs is 1. The fourth-order valence-electron chi connectivity index (χ4n) is 4.05. The number of aromatic nitrogens is 2. The summed E-state index contributed by atoms with van der Waals surface area (Å²) in [6, 6.07) is 10.2. The van der Waals surface area contributed by atoms with Gasteiger partial charge < -0.3 is 24.7 Å². The Morgan fingerprint density at radius 1 is 1.09 bits per heavy atom. The van der Waals surface area contributed by atoms with Gasteiger partial charge in [0, 0.05) is 24.9 Å². The van der Waals surface area contributed by atoms with E-state index in [9.17, 15) is 9.59 Å². The average molecular weight is 481 g/mol. The van der Waals surface area contributed by atoms with Crippen molar-refractivity contribution in [3.05, 3.63) is 47.8 Å². The molecule has 3 rings (SSSR count). The van der Waals surface area contributed by atoms with Gasteiger partial charge in [0.25, 0.3) is 0 Å². The lowest BCUT2D eigenvalue weighted by atomic mass is 10.1. The van der Waals surface area contributed by atoms with Crippen LogP contribution in [0.5, 0.6) is 5.75 Å². The summed E-state index contributed by atoms with van der Waals surface area (Å²) < 4.78 is 12.1. The van der Waals surface area contributed by atoms with Gasteiger partial charge in [-0.05, 0) is 55.9 Å². The van der Waals surface area contributed by atoms with Crippen molar-refractivity contribution in [2.45, 2.75) is 59.5 Å². The molecule has 0 aliphatic heterocycles. The summed E-state index contributed by atoms with van der Waals surface area (Å²) in [6.45, 7) is 8.39. The van der Waals surface area contributed by atoms with Crippen LogP contribution in [0.25, 0.3) is 11.0 Å². The Labute approximate surface area is 207 Å². The minimum Gasteiger partial charge on any atom is -0.497 e. The molecule has 1 aromatic carbocycles. The van der Waals surface area contributed by atoms with E-state index in [4.69, 9.17) is 9.47 Å². The van der Waals surface area contributed by atoms with Crippen LogP contribution in [0, 0.1) is 5.92 Å². The van der Waals surface area contributed by atoms with Gasteiger partial charge in [-0.3, -0.25) is 4.79 Å². The number of esters is 1. The van der Waals surface area contributed by atoms with E-state index in [0.29, 0.717) is 34.9 Å². The van der Waals surface area contributed by atoms with Crippen LogP contribution in [-0.2, 0) is 22.5 Å². The summed E-state index contributed by atoms with van der Waals surface area (Å²) >= 11 is 0. The smallest absolute Gasteiger partial charge is 0.356 e. The number of hydrogen-bond donors (Lipinski definition) is 2. The van der Waals surface area contributed by atoms with Gasteiger partial charge in [0.05, 0.1) is 31.8 Å². The lowest BCUT2D eigenvalue weighted by Gasteiger charge is -2.15. The fraction of sp³-hybridized carbons (Fsp3) is 0.444. The molecule has 1 atom stereocenters. The van der Waals surface area contributed by atoms with Crippen LogP contribution in [0.3, 0.4) is 0 Å². The van der Waals surface area contributed by atoms with Crippen LogP contribution < -0.4 is 15.4 Å².